The van der Waals surface area contributed by atoms with E-state index in [2.05, 4.69) is 4.98 Å². The third-order valence-electron chi connectivity index (χ3n) is 9.74. The van der Waals surface area contributed by atoms with E-state index >= 15 is 0 Å². The maximum absolute atomic E-state index is 13.6. The molecule has 1 N–H and O–H groups in total. The number of hydrogen-bond donors (Lipinski definition) is 1. The number of ketones is 1. The number of ether oxygens (including phenoxy) is 4. The van der Waals surface area contributed by atoms with Crippen molar-refractivity contribution in [3.05, 3.63) is 41.2 Å². The van der Waals surface area contributed by atoms with Crippen LogP contribution in [0.1, 0.15) is 71.2 Å². The van der Waals surface area contributed by atoms with E-state index in [-0.39, 0.29) is 24.4 Å². The molecular weight excluding hydrogens is 518 g/mol. The monoisotopic (exact) mass is 555 g/mol. The molecule has 1 aromatic heterocycles. The molecule has 8 atom stereocenters. The maximum Gasteiger partial charge on any atom is 0.340 e. The average molecular weight is 556 g/mol. The Bertz CT molecular complexity index is 1270. The van der Waals surface area contributed by atoms with Gasteiger partial charge in [0, 0.05) is 49.9 Å². The van der Waals surface area contributed by atoms with E-state index in [0.29, 0.717) is 24.0 Å². The van der Waals surface area contributed by atoms with Crippen molar-refractivity contribution in [2.24, 2.45) is 22.7 Å². The van der Waals surface area contributed by atoms with Gasteiger partial charge in [0.15, 0.2) is 11.9 Å². The zero-order valence-electron chi connectivity index (χ0n) is 23.8. The third kappa shape index (κ3) is 4.36. The number of Topliss-reactive ketones (excluding diaryl/α,β-unsaturated/α-hetero) is 1. The highest BCUT2D eigenvalue weighted by molar-refractivity contribution is 5.97. The Morgan fingerprint density at radius 2 is 1.77 bits per heavy atom. The van der Waals surface area contributed by atoms with Crippen molar-refractivity contribution < 1.29 is 43.2 Å². The number of aliphatic hydroxyl groups is 1. The Morgan fingerprint density at radius 3 is 2.35 bits per heavy atom. The largest absolute Gasteiger partial charge is 0.462 e. The zero-order valence-corrected chi connectivity index (χ0v) is 23.8. The van der Waals surface area contributed by atoms with Gasteiger partial charge in [0.2, 0.25) is 0 Å². The van der Waals surface area contributed by atoms with Gasteiger partial charge in [0.1, 0.15) is 17.8 Å². The second kappa shape index (κ2) is 9.76. The molecule has 216 valence electrons. The number of esters is 3. The Hall–Kier alpha value is -3.11. The number of aromatic nitrogens is 1. The highest BCUT2D eigenvalue weighted by atomic mass is 16.6. The summed E-state index contributed by atoms with van der Waals surface area (Å²) in [5, 5.41) is 11.2. The lowest BCUT2D eigenvalue weighted by molar-refractivity contribution is -0.215. The molecule has 2 bridgehead atoms. The molecule has 1 aromatic rings. The van der Waals surface area contributed by atoms with Crippen LogP contribution in [0.15, 0.2) is 35.7 Å². The molecule has 3 aliphatic carbocycles. The molecule has 10 heteroatoms. The number of nitrogens with zero attached hydrogens (tertiary/aromatic N) is 1. The van der Waals surface area contributed by atoms with E-state index < -0.39 is 70.6 Å². The first-order chi connectivity index (χ1) is 18.7. The fourth-order valence-corrected chi connectivity index (χ4v) is 7.82. The van der Waals surface area contributed by atoms with Crippen molar-refractivity contribution in [3.8, 4) is 0 Å². The van der Waals surface area contributed by atoms with Crippen molar-refractivity contribution in [1.82, 2.24) is 4.98 Å². The molecule has 0 radical (unpaired) electrons. The molecule has 0 amide bonds. The van der Waals surface area contributed by atoms with Gasteiger partial charge in [-0.1, -0.05) is 20.8 Å². The van der Waals surface area contributed by atoms with Gasteiger partial charge >= 0.3 is 17.9 Å². The lowest BCUT2D eigenvalue weighted by Gasteiger charge is -2.60. The van der Waals surface area contributed by atoms with E-state index in [4.69, 9.17) is 18.9 Å². The van der Waals surface area contributed by atoms with E-state index in [1.165, 1.54) is 26.2 Å². The number of fused-ring (bicyclic) bond motifs is 4. The Balaban J connectivity index is 1.79. The summed E-state index contributed by atoms with van der Waals surface area (Å²) < 4.78 is 24.4. The van der Waals surface area contributed by atoms with Crippen molar-refractivity contribution in [1.29, 1.82) is 0 Å². The minimum absolute atomic E-state index is 0.103. The molecule has 2 heterocycles. The van der Waals surface area contributed by atoms with Crippen LogP contribution < -0.4 is 0 Å². The highest BCUT2D eigenvalue weighted by Gasteiger charge is 2.73. The number of carbonyl (C=O) groups excluding carboxylic acids is 4. The standard InChI is InChI=1S/C30H37NO9/c1-15-20(34)12-19-23(38-16(2)32)25-29(6,10-9-21(35)30(25)14-37-30)26(40-27(36)18-8-7-11-31-13-18)24(39-17(3)33)22(15)28(19,4)5/h7-8,11,13,19,21,23-26,35H,9-10,12,14H2,1-6H3/t19-,21-,23+,24+,25-,26-,29-,30-/m0/s1. The molecule has 2 saturated carbocycles. The number of allylic oxidation sites excluding steroid dienone is 1. The Kier molecular flexibility index (Phi) is 6.94. The van der Waals surface area contributed by atoms with Gasteiger partial charge in [-0.15, -0.1) is 0 Å². The summed E-state index contributed by atoms with van der Waals surface area (Å²) in [6.07, 6.45) is -0.186. The van der Waals surface area contributed by atoms with Crippen molar-refractivity contribution in [2.75, 3.05) is 6.61 Å². The lowest BCUT2D eigenvalue weighted by Crippen LogP contribution is -2.68. The van der Waals surface area contributed by atoms with Gasteiger partial charge < -0.3 is 24.1 Å². The number of epoxide rings is 1. The number of pyridine rings is 1. The van der Waals surface area contributed by atoms with Gasteiger partial charge in [0.25, 0.3) is 0 Å². The highest BCUT2D eigenvalue weighted by Crippen LogP contribution is 2.64. The molecule has 0 unspecified atom stereocenters. The fourth-order valence-electron chi connectivity index (χ4n) is 7.82. The van der Waals surface area contributed by atoms with Crippen LogP contribution in [-0.2, 0) is 33.3 Å². The predicted molar refractivity (Wildman–Crippen MR) is 140 cm³/mol. The SMILES string of the molecule is CC(=O)O[C@@H]1[C@@H]2CC(=O)C(C)=C([C@@H](OC(C)=O)[C@H](OC(=O)c3cccnc3)[C@@]3(C)CC[C@H](O)[C@@]4(CO4)[C@@H]13)C2(C)C. The lowest BCUT2D eigenvalue weighted by atomic mass is 9.48. The first-order valence-electron chi connectivity index (χ1n) is 13.8. The van der Waals surface area contributed by atoms with Crippen LogP contribution in [0.2, 0.25) is 0 Å². The molecule has 5 rings (SSSR count). The molecule has 1 spiro atoms. The van der Waals surface area contributed by atoms with Crippen LogP contribution in [0.3, 0.4) is 0 Å². The molecule has 4 aliphatic rings. The molecular formula is C30H37NO9. The predicted octanol–water partition coefficient (Wildman–Crippen LogP) is 2.96. The normalized spacial score (nSPS) is 38.0. The topological polar surface area (TPSA) is 142 Å². The van der Waals surface area contributed by atoms with Crippen LogP contribution in [0.4, 0.5) is 0 Å². The Labute approximate surface area is 233 Å². The number of rotatable bonds is 4. The third-order valence-corrected chi connectivity index (χ3v) is 9.74. The van der Waals surface area contributed by atoms with Crippen LogP contribution in [0.5, 0.6) is 0 Å². The summed E-state index contributed by atoms with van der Waals surface area (Å²) in [5.41, 5.74) is -1.70. The molecule has 1 saturated heterocycles. The molecule has 10 nitrogen and oxygen atoms in total. The molecule has 3 fully saturated rings. The molecule has 0 aromatic carbocycles. The minimum atomic E-state index is -1.10. The smallest absolute Gasteiger partial charge is 0.340 e. The molecule has 1 aliphatic heterocycles. The number of aliphatic hydroxyl groups excluding tert-OH is 1. The summed E-state index contributed by atoms with van der Waals surface area (Å²) in [6.45, 7) is 10.3. The van der Waals surface area contributed by atoms with E-state index in [0.717, 1.165) is 0 Å². The summed E-state index contributed by atoms with van der Waals surface area (Å²) in [5.74, 6) is -3.15. The number of hydrogen-bond acceptors (Lipinski definition) is 10. The Morgan fingerprint density at radius 1 is 1.10 bits per heavy atom. The zero-order chi connectivity index (χ0) is 29.2. The van der Waals surface area contributed by atoms with Gasteiger partial charge in [-0.25, -0.2) is 4.79 Å². The number of carbonyl (C=O) groups is 4. The van der Waals surface area contributed by atoms with E-state index in [1.54, 1.807) is 19.1 Å². The fraction of sp³-hybridized carbons (Fsp3) is 0.633. The summed E-state index contributed by atoms with van der Waals surface area (Å²) in [4.78, 5) is 56.4. The minimum Gasteiger partial charge on any atom is -0.462 e. The van der Waals surface area contributed by atoms with E-state index in [1.807, 2.05) is 20.8 Å². The summed E-state index contributed by atoms with van der Waals surface area (Å²) in [6, 6.07) is 3.19. The van der Waals surface area contributed by atoms with Crippen LogP contribution in [0.25, 0.3) is 0 Å². The van der Waals surface area contributed by atoms with Crippen LogP contribution in [0, 0.1) is 22.7 Å². The summed E-state index contributed by atoms with van der Waals surface area (Å²) >= 11 is 0. The van der Waals surface area contributed by atoms with Crippen LogP contribution in [-0.4, -0.2) is 70.4 Å². The summed E-state index contributed by atoms with van der Waals surface area (Å²) in [7, 11) is 0. The average Bonchev–Trinajstić information content (AvgIpc) is 3.67. The first kappa shape index (κ1) is 28.4. The first-order valence-corrected chi connectivity index (χ1v) is 13.8. The van der Waals surface area contributed by atoms with Gasteiger partial charge in [-0.3, -0.25) is 19.4 Å². The van der Waals surface area contributed by atoms with Gasteiger partial charge in [-0.05, 0) is 48.5 Å². The van der Waals surface area contributed by atoms with Gasteiger partial charge in [-0.2, -0.15) is 0 Å². The second-order valence-corrected chi connectivity index (χ2v) is 12.4. The van der Waals surface area contributed by atoms with Crippen LogP contribution >= 0.6 is 0 Å². The van der Waals surface area contributed by atoms with Crippen molar-refractivity contribution in [2.45, 2.75) is 90.8 Å². The van der Waals surface area contributed by atoms with Crippen molar-refractivity contribution in [3.63, 3.8) is 0 Å². The maximum atomic E-state index is 13.6. The van der Waals surface area contributed by atoms with Gasteiger partial charge in [0.05, 0.1) is 18.3 Å². The quantitative estimate of drug-likeness (QED) is 0.335. The molecule has 40 heavy (non-hydrogen) atoms. The van der Waals surface area contributed by atoms with E-state index in [9.17, 15) is 24.3 Å². The van der Waals surface area contributed by atoms with Crippen molar-refractivity contribution >= 4 is 23.7 Å². The second-order valence-electron chi connectivity index (χ2n) is 12.4.